The van der Waals surface area contributed by atoms with E-state index >= 15 is 0 Å². The highest BCUT2D eigenvalue weighted by Crippen LogP contribution is 2.32. The number of aryl methyl sites for hydroxylation is 1. The summed E-state index contributed by atoms with van der Waals surface area (Å²) in [5.74, 6) is 2.70. The topological polar surface area (TPSA) is 62.2 Å². The number of hydrogen-bond acceptors (Lipinski definition) is 6. The van der Waals surface area contributed by atoms with E-state index in [0.717, 1.165) is 61.7 Å². The van der Waals surface area contributed by atoms with Crippen molar-refractivity contribution in [2.45, 2.75) is 26.9 Å². The van der Waals surface area contributed by atoms with Gasteiger partial charge in [-0.25, -0.2) is 9.98 Å². The van der Waals surface area contributed by atoms with E-state index in [9.17, 15) is 0 Å². The molecular weight excluding hydrogens is 374 g/mol. The third-order valence-corrected chi connectivity index (χ3v) is 5.80. The molecule has 8 heteroatoms. The smallest absolute Gasteiger partial charge is 0.231 e. The van der Waals surface area contributed by atoms with Crippen LogP contribution in [-0.2, 0) is 13.1 Å². The fourth-order valence-corrected chi connectivity index (χ4v) is 4.19. The van der Waals surface area contributed by atoms with Gasteiger partial charge in [-0.15, -0.1) is 11.3 Å². The molecule has 28 heavy (non-hydrogen) atoms. The molecule has 7 nitrogen and oxygen atoms in total. The second-order valence-electron chi connectivity index (χ2n) is 6.97. The van der Waals surface area contributed by atoms with Crippen molar-refractivity contribution >= 4 is 17.3 Å². The molecule has 1 N–H and O–H groups in total. The van der Waals surface area contributed by atoms with Gasteiger partial charge in [0.1, 0.15) is 0 Å². The predicted molar refractivity (Wildman–Crippen MR) is 111 cm³/mol. The molecule has 0 amide bonds. The highest BCUT2D eigenvalue weighted by Gasteiger charge is 2.21. The SMILES string of the molecule is CCNC(=NCc1cnc(C)s1)N1CCN(Cc2ccc3c(c2)OCO3)CC1. The Labute approximate surface area is 170 Å². The zero-order valence-corrected chi connectivity index (χ0v) is 17.3. The van der Waals surface area contributed by atoms with E-state index in [2.05, 4.69) is 39.2 Å². The fraction of sp³-hybridized carbons (Fsp3) is 0.500. The van der Waals surface area contributed by atoms with Gasteiger partial charge in [0.15, 0.2) is 17.5 Å². The van der Waals surface area contributed by atoms with E-state index in [1.54, 1.807) is 11.3 Å². The molecule has 1 saturated heterocycles. The van der Waals surface area contributed by atoms with Crippen molar-refractivity contribution in [3.63, 3.8) is 0 Å². The molecule has 2 aromatic rings. The van der Waals surface area contributed by atoms with Crippen molar-refractivity contribution in [2.24, 2.45) is 4.99 Å². The molecule has 2 aliphatic rings. The minimum Gasteiger partial charge on any atom is -0.454 e. The third-order valence-electron chi connectivity index (χ3n) is 4.90. The average Bonchev–Trinajstić information content (AvgIpc) is 3.34. The molecule has 150 valence electrons. The maximum Gasteiger partial charge on any atom is 0.231 e. The summed E-state index contributed by atoms with van der Waals surface area (Å²) in [5.41, 5.74) is 1.26. The molecule has 4 rings (SSSR count). The molecule has 0 aliphatic carbocycles. The van der Waals surface area contributed by atoms with Crippen LogP contribution in [0, 0.1) is 6.92 Å². The summed E-state index contributed by atoms with van der Waals surface area (Å²) >= 11 is 1.71. The van der Waals surface area contributed by atoms with Gasteiger partial charge in [0.2, 0.25) is 6.79 Å². The van der Waals surface area contributed by atoms with Gasteiger partial charge in [-0.2, -0.15) is 0 Å². The van der Waals surface area contributed by atoms with E-state index in [0.29, 0.717) is 13.3 Å². The highest BCUT2D eigenvalue weighted by atomic mass is 32.1. The van der Waals surface area contributed by atoms with E-state index in [4.69, 9.17) is 14.5 Å². The first-order chi connectivity index (χ1) is 13.7. The first-order valence-corrected chi connectivity index (χ1v) is 10.6. The van der Waals surface area contributed by atoms with Gasteiger partial charge in [0.05, 0.1) is 11.6 Å². The molecular formula is C20H27N5O2S. The summed E-state index contributed by atoms with van der Waals surface area (Å²) in [4.78, 5) is 15.2. The molecule has 2 aliphatic heterocycles. The van der Waals surface area contributed by atoms with Crippen molar-refractivity contribution < 1.29 is 9.47 Å². The lowest BCUT2D eigenvalue weighted by Crippen LogP contribution is -2.52. The lowest BCUT2D eigenvalue weighted by Gasteiger charge is -2.36. The number of hydrogen-bond donors (Lipinski definition) is 1. The Bertz CT molecular complexity index is 830. The Morgan fingerprint density at radius 2 is 2.04 bits per heavy atom. The predicted octanol–water partition coefficient (Wildman–Crippen LogP) is 2.46. The maximum atomic E-state index is 5.49. The third kappa shape index (κ3) is 4.56. The first-order valence-electron chi connectivity index (χ1n) is 9.76. The largest absolute Gasteiger partial charge is 0.454 e. The van der Waals surface area contributed by atoms with E-state index in [1.165, 1.54) is 10.4 Å². The van der Waals surface area contributed by atoms with Crippen LogP contribution >= 0.6 is 11.3 Å². The van der Waals surface area contributed by atoms with Gasteiger partial charge >= 0.3 is 0 Å². The van der Waals surface area contributed by atoms with Crippen molar-refractivity contribution in [1.29, 1.82) is 0 Å². The van der Waals surface area contributed by atoms with Crippen LogP contribution in [-0.4, -0.2) is 60.3 Å². The first kappa shape index (κ1) is 19.0. The molecule has 1 aromatic heterocycles. The zero-order chi connectivity index (χ0) is 19.3. The fourth-order valence-electron chi connectivity index (χ4n) is 3.47. The number of fused-ring (bicyclic) bond motifs is 1. The molecule has 0 saturated carbocycles. The van der Waals surface area contributed by atoms with Gasteiger partial charge in [-0.3, -0.25) is 4.90 Å². The number of guanidine groups is 1. The highest BCUT2D eigenvalue weighted by molar-refractivity contribution is 7.11. The number of aromatic nitrogens is 1. The van der Waals surface area contributed by atoms with Gasteiger partial charge in [-0.1, -0.05) is 6.07 Å². The number of piperazine rings is 1. The summed E-state index contributed by atoms with van der Waals surface area (Å²) < 4.78 is 10.9. The summed E-state index contributed by atoms with van der Waals surface area (Å²) in [5, 5.41) is 4.52. The Hall–Kier alpha value is -2.32. The second-order valence-corrected chi connectivity index (χ2v) is 8.29. The molecule has 0 bridgehead atoms. The van der Waals surface area contributed by atoms with Gasteiger partial charge in [0.25, 0.3) is 0 Å². The molecule has 0 atom stereocenters. The number of rotatable bonds is 5. The van der Waals surface area contributed by atoms with Gasteiger partial charge < -0.3 is 19.7 Å². The summed E-state index contributed by atoms with van der Waals surface area (Å²) in [6, 6.07) is 6.23. The van der Waals surface area contributed by atoms with Gasteiger partial charge in [-0.05, 0) is 31.5 Å². The van der Waals surface area contributed by atoms with Crippen LogP contribution in [0.1, 0.15) is 22.4 Å². The van der Waals surface area contributed by atoms with Crippen LogP contribution in [0.5, 0.6) is 11.5 Å². The van der Waals surface area contributed by atoms with Crippen LogP contribution < -0.4 is 14.8 Å². The molecule has 0 unspecified atom stereocenters. The minimum absolute atomic E-state index is 0.325. The number of ether oxygens (including phenoxy) is 2. The number of nitrogens with one attached hydrogen (secondary N) is 1. The monoisotopic (exact) mass is 401 g/mol. The zero-order valence-electron chi connectivity index (χ0n) is 16.5. The standard InChI is InChI=1S/C20H27N5O2S/c1-3-21-20(23-12-17-11-22-15(2)28-17)25-8-6-24(7-9-25)13-16-4-5-18-19(10-16)27-14-26-18/h4-5,10-11H,3,6-9,12-14H2,1-2H3,(H,21,23). The Morgan fingerprint density at radius 3 is 2.79 bits per heavy atom. The molecule has 1 fully saturated rings. The summed E-state index contributed by atoms with van der Waals surface area (Å²) in [6.07, 6.45) is 1.93. The minimum atomic E-state index is 0.325. The average molecular weight is 402 g/mol. The number of nitrogens with zero attached hydrogens (tertiary/aromatic N) is 4. The van der Waals surface area contributed by atoms with Crippen LogP contribution in [0.4, 0.5) is 0 Å². The van der Waals surface area contributed by atoms with Crippen molar-refractivity contribution in [2.75, 3.05) is 39.5 Å². The molecule has 3 heterocycles. The van der Waals surface area contributed by atoms with Crippen LogP contribution in [0.2, 0.25) is 0 Å². The normalized spacial score (nSPS) is 17.2. The van der Waals surface area contributed by atoms with Crippen molar-refractivity contribution in [3.8, 4) is 11.5 Å². The molecule has 0 spiro atoms. The lowest BCUT2D eigenvalue weighted by molar-refractivity contribution is 0.171. The van der Waals surface area contributed by atoms with E-state index < -0.39 is 0 Å². The Balaban J connectivity index is 1.32. The number of aliphatic imine (C=N–C) groups is 1. The quantitative estimate of drug-likeness (QED) is 0.613. The summed E-state index contributed by atoms with van der Waals surface area (Å²) in [6.45, 7) is 10.9. The van der Waals surface area contributed by atoms with Crippen LogP contribution in [0.3, 0.4) is 0 Å². The molecule has 0 radical (unpaired) electrons. The Kier molecular flexibility index (Phi) is 5.97. The maximum absolute atomic E-state index is 5.49. The van der Waals surface area contributed by atoms with Gasteiger partial charge in [0, 0.05) is 50.3 Å². The van der Waals surface area contributed by atoms with E-state index in [-0.39, 0.29) is 0 Å². The van der Waals surface area contributed by atoms with Crippen LogP contribution in [0.25, 0.3) is 0 Å². The van der Waals surface area contributed by atoms with Crippen molar-refractivity contribution in [3.05, 3.63) is 39.8 Å². The number of thiazole rings is 1. The van der Waals surface area contributed by atoms with Crippen LogP contribution in [0.15, 0.2) is 29.4 Å². The van der Waals surface area contributed by atoms with Crippen molar-refractivity contribution in [1.82, 2.24) is 20.1 Å². The van der Waals surface area contributed by atoms with E-state index in [1.807, 2.05) is 19.2 Å². The summed E-state index contributed by atoms with van der Waals surface area (Å²) in [7, 11) is 0. The lowest BCUT2D eigenvalue weighted by atomic mass is 10.1. The second kappa shape index (κ2) is 8.79. The Morgan fingerprint density at radius 1 is 1.21 bits per heavy atom. The number of benzene rings is 1. The molecule has 1 aromatic carbocycles.